The van der Waals surface area contributed by atoms with Crippen LogP contribution in [0.25, 0.3) is 66.4 Å². The highest BCUT2D eigenvalue weighted by Gasteiger charge is 2.38. The van der Waals surface area contributed by atoms with Crippen molar-refractivity contribution in [3.63, 3.8) is 0 Å². The first-order valence-corrected chi connectivity index (χ1v) is 17.5. The van der Waals surface area contributed by atoms with Gasteiger partial charge in [0.1, 0.15) is 11.5 Å². The number of halogens is 7. The number of hydrogen-bond donors (Lipinski definition) is 0. The van der Waals surface area contributed by atoms with Gasteiger partial charge in [-0.3, -0.25) is 4.98 Å². The normalized spacial score (nSPS) is 12.3. The maximum Gasteiger partial charge on any atom is 0.449 e. The quantitative estimate of drug-likeness (QED) is 0.129. The average molecular weight is 858 g/mol. The lowest BCUT2D eigenvalue weighted by Crippen LogP contribution is -2.12. The molecule has 16 heteroatoms. The molecule has 3 aromatic carbocycles. The lowest BCUT2D eigenvalue weighted by atomic mass is 9.91. The van der Waals surface area contributed by atoms with E-state index in [1.807, 2.05) is 72.8 Å². The zero-order chi connectivity index (χ0) is 39.0. The summed E-state index contributed by atoms with van der Waals surface area (Å²) in [5, 5.41) is 8.76. The zero-order valence-corrected chi connectivity index (χ0v) is 31.9. The van der Waals surface area contributed by atoms with Crippen LogP contribution in [0.4, 0.5) is 26.3 Å². The summed E-state index contributed by atoms with van der Waals surface area (Å²) in [5.74, 6) is -0.632. The van der Waals surface area contributed by atoms with Crippen LogP contribution in [0.1, 0.15) is 40.1 Å². The lowest BCUT2D eigenvalue weighted by Gasteiger charge is -2.15. The topological polar surface area (TPSA) is 101 Å². The molecule has 0 saturated heterocycles. The highest BCUT2D eigenvalue weighted by atomic mass is 127. The zero-order valence-electron chi connectivity index (χ0n) is 29.8. The molecule has 0 aliphatic rings. The predicted octanol–water partition coefficient (Wildman–Crippen LogP) is 10.9. The molecule has 0 amide bonds. The number of benzene rings is 3. The van der Waals surface area contributed by atoms with Gasteiger partial charge in [0.15, 0.2) is 0 Å². The second-order valence-corrected chi connectivity index (χ2v) is 14.1. The van der Waals surface area contributed by atoms with E-state index in [-0.39, 0.29) is 5.52 Å². The molecule has 5 heterocycles. The Morgan fingerprint density at radius 2 is 1.15 bits per heavy atom. The second kappa shape index (κ2) is 13.2. The van der Waals surface area contributed by atoms with Crippen LogP contribution >= 0.6 is 22.6 Å². The van der Waals surface area contributed by atoms with E-state index in [1.165, 1.54) is 14.1 Å². The maximum absolute atomic E-state index is 13.7. The fourth-order valence-corrected chi connectivity index (χ4v) is 8.02. The molecule has 278 valence electrons. The van der Waals surface area contributed by atoms with Gasteiger partial charge < -0.3 is 18.2 Å². The lowest BCUT2D eigenvalue weighted by molar-refractivity contribution is -0.147. The molecule has 9 nitrogen and oxygen atoms in total. The summed E-state index contributed by atoms with van der Waals surface area (Å²) >= 11 is 2.02. The van der Waals surface area contributed by atoms with Gasteiger partial charge in [0, 0.05) is 45.9 Å². The van der Waals surface area contributed by atoms with Crippen LogP contribution in [0.3, 0.4) is 0 Å². The number of fused-ring (bicyclic) bond motifs is 3. The number of nitrogens with zero attached hydrogens (tertiary/aromatic N) is 7. The number of imidazole rings is 2. The maximum atomic E-state index is 13.7. The van der Waals surface area contributed by atoms with Crippen LogP contribution in [0.5, 0.6) is 0 Å². The third-order valence-electron chi connectivity index (χ3n) is 9.31. The van der Waals surface area contributed by atoms with Crippen molar-refractivity contribution in [2.75, 3.05) is 0 Å². The van der Waals surface area contributed by atoms with Crippen molar-refractivity contribution in [2.45, 2.75) is 47.0 Å². The number of pyridine rings is 1. The highest BCUT2D eigenvalue weighted by molar-refractivity contribution is 14.1. The summed E-state index contributed by atoms with van der Waals surface area (Å²) in [4.78, 5) is 12.2. The van der Waals surface area contributed by atoms with Crippen molar-refractivity contribution in [3.8, 4) is 33.4 Å². The van der Waals surface area contributed by atoms with Gasteiger partial charge in [0.25, 0.3) is 0 Å². The molecule has 0 fully saturated rings. The summed E-state index contributed by atoms with van der Waals surface area (Å²) in [5.41, 5.74) is 8.96. The Labute approximate surface area is 317 Å². The average Bonchev–Trinajstić information content (AvgIpc) is 3.83. The molecule has 8 rings (SSSR count). The number of aromatic nitrogens is 7. The van der Waals surface area contributed by atoms with Crippen LogP contribution in [0, 0.1) is 38.2 Å². The molecule has 0 radical (unpaired) electrons. The molecule has 0 N–H and O–H groups in total. The van der Waals surface area contributed by atoms with E-state index in [9.17, 15) is 26.3 Å². The van der Waals surface area contributed by atoms with Crippen LogP contribution < -0.4 is 0 Å². The molecule has 0 spiro atoms. The molecule has 8 aromatic rings. The van der Waals surface area contributed by atoms with E-state index in [4.69, 9.17) is 9.05 Å². The molecule has 0 aliphatic heterocycles. The fourth-order valence-electron chi connectivity index (χ4n) is 7.04. The van der Waals surface area contributed by atoms with Gasteiger partial charge in [-0.05, 0) is 116 Å². The van der Waals surface area contributed by atoms with Crippen molar-refractivity contribution in [1.29, 1.82) is 0 Å². The van der Waals surface area contributed by atoms with E-state index in [0.717, 1.165) is 47.9 Å². The van der Waals surface area contributed by atoms with Gasteiger partial charge >= 0.3 is 12.4 Å². The van der Waals surface area contributed by atoms with Crippen LogP contribution in [0.2, 0.25) is 0 Å². The van der Waals surface area contributed by atoms with Crippen LogP contribution in [-0.4, -0.2) is 34.4 Å². The minimum absolute atomic E-state index is 0.257. The van der Waals surface area contributed by atoms with Crippen molar-refractivity contribution in [2.24, 2.45) is 14.1 Å². The first-order chi connectivity index (χ1) is 25.4. The molecular formula is C38H30F6IN7O2. The van der Waals surface area contributed by atoms with Gasteiger partial charge in [-0.2, -0.15) is 26.3 Å². The molecule has 0 unspecified atom stereocenters. The van der Waals surface area contributed by atoms with Gasteiger partial charge in [0.05, 0.1) is 39.0 Å². The van der Waals surface area contributed by atoms with E-state index in [0.29, 0.717) is 54.2 Å². The van der Waals surface area contributed by atoms with E-state index in [2.05, 4.69) is 25.3 Å². The molecular weight excluding hydrogens is 827 g/mol. The third-order valence-corrected chi connectivity index (χ3v) is 10.1. The smallest absolute Gasteiger partial charge is 0.361 e. The molecule has 0 saturated carbocycles. The van der Waals surface area contributed by atoms with Gasteiger partial charge in [0.2, 0.25) is 11.6 Å². The summed E-state index contributed by atoms with van der Waals surface area (Å²) in [6, 6.07) is 14.6. The Balaban J connectivity index is 0.000000179. The number of alkyl halides is 6. The SMILES string of the molecule is Cc1ccc2ncccc2c1-c1cc(-c2c(C)noc2C)cc2nc(C(F)(F)F)n(C)c12.Cc1noc(C)c1-c1cc(I)c2c(c1)nc(C(F)(F)F)n2C. The summed E-state index contributed by atoms with van der Waals surface area (Å²) in [7, 11) is 2.77. The molecule has 0 atom stereocenters. The Hall–Kier alpha value is -5.26. The summed E-state index contributed by atoms with van der Waals surface area (Å²) < 4.78 is 93.6. The van der Waals surface area contributed by atoms with Crippen LogP contribution in [-0.2, 0) is 26.4 Å². The van der Waals surface area contributed by atoms with Gasteiger partial charge in [-0.15, -0.1) is 0 Å². The number of aryl methyl sites for hydroxylation is 7. The first-order valence-electron chi connectivity index (χ1n) is 16.4. The molecule has 0 bridgehead atoms. The minimum atomic E-state index is -4.58. The van der Waals surface area contributed by atoms with Crippen molar-refractivity contribution in [3.05, 3.63) is 98.4 Å². The van der Waals surface area contributed by atoms with Crippen LogP contribution in [0.15, 0.2) is 63.8 Å². The Morgan fingerprint density at radius 3 is 1.67 bits per heavy atom. The third kappa shape index (κ3) is 6.28. The monoisotopic (exact) mass is 857 g/mol. The first kappa shape index (κ1) is 37.1. The molecule has 5 aromatic heterocycles. The highest BCUT2D eigenvalue weighted by Crippen LogP contribution is 2.42. The Morgan fingerprint density at radius 1 is 0.630 bits per heavy atom. The predicted molar refractivity (Wildman–Crippen MR) is 200 cm³/mol. The van der Waals surface area contributed by atoms with E-state index < -0.39 is 24.0 Å². The van der Waals surface area contributed by atoms with Gasteiger partial charge in [-0.1, -0.05) is 22.4 Å². The van der Waals surface area contributed by atoms with Crippen molar-refractivity contribution < 1.29 is 35.4 Å². The fraction of sp³-hybridized carbons (Fsp3) is 0.237. The number of hydrogen-bond acceptors (Lipinski definition) is 7. The Bertz CT molecular complexity index is 2720. The summed E-state index contributed by atoms with van der Waals surface area (Å²) in [6.45, 7) is 9.10. The molecule has 54 heavy (non-hydrogen) atoms. The van der Waals surface area contributed by atoms with Crippen molar-refractivity contribution >= 4 is 55.6 Å². The van der Waals surface area contributed by atoms with Crippen molar-refractivity contribution in [1.82, 2.24) is 34.4 Å². The molecule has 0 aliphatic carbocycles. The Kier molecular flexibility index (Phi) is 9.09. The van der Waals surface area contributed by atoms with E-state index >= 15 is 0 Å². The standard InChI is InChI=1S/C24H19F3N4O.C14H11F3IN3O/c1-12-7-8-18-16(6-5-9-28-18)20(12)17-10-15(21-13(2)30-32-14(21)3)11-19-22(17)31(4)23(29-19)24(25,26)27;1-6-11(7(2)22-20-6)8-4-9(18)12-10(5-8)19-13(21(12)3)14(15,16)17/h5-11H,1-4H3;4-5H,1-3H3. The van der Waals surface area contributed by atoms with E-state index in [1.54, 1.807) is 39.1 Å². The number of rotatable bonds is 3. The largest absolute Gasteiger partial charge is 0.449 e. The van der Waals surface area contributed by atoms with Gasteiger partial charge in [-0.25, -0.2) is 9.97 Å². The second-order valence-electron chi connectivity index (χ2n) is 12.9. The summed E-state index contributed by atoms with van der Waals surface area (Å²) in [6.07, 6.45) is -7.37. The minimum Gasteiger partial charge on any atom is -0.361 e.